The van der Waals surface area contributed by atoms with Gasteiger partial charge in [-0.3, -0.25) is 9.59 Å². The molecule has 0 saturated carbocycles. The Morgan fingerprint density at radius 3 is 1.40 bits per heavy atom. The first-order valence-corrected chi connectivity index (χ1v) is 25.9. The highest BCUT2D eigenvalue weighted by Gasteiger charge is 2.38. The normalized spacial score (nSPS) is 19.7. The summed E-state index contributed by atoms with van der Waals surface area (Å²) in [7, 11) is 0. The van der Waals surface area contributed by atoms with E-state index in [1.54, 1.807) is 46.0 Å². The third-order valence-corrected chi connectivity index (χ3v) is 15.9. The van der Waals surface area contributed by atoms with E-state index in [-0.39, 0.29) is 35.3 Å². The van der Waals surface area contributed by atoms with Crippen LogP contribution in [0.1, 0.15) is 87.0 Å². The van der Waals surface area contributed by atoms with Gasteiger partial charge in [0.1, 0.15) is 34.8 Å². The maximum Gasteiger partial charge on any atom is 0.218 e. The predicted octanol–water partition coefficient (Wildman–Crippen LogP) is 7.28. The second kappa shape index (κ2) is 22.1. The minimum atomic E-state index is -0.262. The fourth-order valence-electron chi connectivity index (χ4n) is 10.6. The number of nitriles is 2. The molecule has 4 aliphatic rings. The van der Waals surface area contributed by atoms with Crippen LogP contribution in [0.5, 0.6) is 0 Å². The van der Waals surface area contributed by atoms with Crippen molar-refractivity contribution >= 4 is 92.2 Å². The standard InChI is InChI=1S/2C25H28Cl2N8O/c2*1-15(19-5-4-18(26)9-20(19)27)35-25-24(21(10-28)32-35)30-11-23(31-25)34-13-17(14-34)16-3-2-7-33(12-16)8-6-22(29)36/h2*4-5,9,11,15-17H,2-3,6-8,12-14H2,1H3,(H2,29,36)/t15-,16+;15-,16-/m11/s1. The molecule has 0 unspecified atom stereocenters. The van der Waals surface area contributed by atoms with Crippen LogP contribution < -0.4 is 21.3 Å². The third-order valence-electron chi connectivity index (χ3n) is 14.8. The number of anilines is 2. The van der Waals surface area contributed by atoms with Crippen LogP contribution in [0.2, 0.25) is 20.1 Å². The molecule has 2 amide bonds. The van der Waals surface area contributed by atoms with Crippen molar-refractivity contribution < 1.29 is 9.59 Å². The van der Waals surface area contributed by atoms with E-state index in [1.165, 1.54) is 12.8 Å². The Morgan fingerprint density at radius 2 is 1.04 bits per heavy atom. The summed E-state index contributed by atoms with van der Waals surface area (Å²) in [5.74, 6) is 3.42. The predicted molar refractivity (Wildman–Crippen MR) is 278 cm³/mol. The summed E-state index contributed by atoms with van der Waals surface area (Å²) in [6, 6.07) is 14.4. The van der Waals surface area contributed by atoms with Crippen molar-refractivity contribution in [1.82, 2.24) is 49.3 Å². The summed E-state index contributed by atoms with van der Waals surface area (Å²) >= 11 is 25.1. The van der Waals surface area contributed by atoms with Gasteiger partial charge in [-0.15, -0.1) is 0 Å². The van der Waals surface area contributed by atoms with Crippen LogP contribution in [-0.2, 0) is 9.59 Å². The smallest absolute Gasteiger partial charge is 0.218 e. The van der Waals surface area contributed by atoms with E-state index in [2.05, 4.69) is 51.9 Å². The molecule has 4 saturated heterocycles. The van der Waals surface area contributed by atoms with Gasteiger partial charge in [-0.2, -0.15) is 20.7 Å². The Morgan fingerprint density at radius 1 is 0.639 bits per heavy atom. The van der Waals surface area contributed by atoms with Crippen LogP contribution in [-0.4, -0.2) is 127 Å². The zero-order valence-corrected chi connectivity index (χ0v) is 43.2. The molecule has 0 radical (unpaired) electrons. The lowest BCUT2D eigenvalue weighted by atomic mass is 9.80. The molecule has 72 heavy (non-hydrogen) atoms. The topological polar surface area (TPSA) is 234 Å². The van der Waals surface area contributed by atoms with Crippen LogP contribution in [0.25, 0.3) is 22.3 Å². The van der Waals surface area contributed by atoms with Crippen LogP contribution in [0.4, 0.5) is 11.6 Å². The first-order valence-electron chi connectivity index (χ1n) is 24.4. The number of nitrogens with two attached hydrogens (primary N) is 2. The van der Waals surface area contributed by atoms with Crippen LogP contribution in [0.15, 0.2) is 48.8 Å². The molecule has 2 aromatic carbocycles. The maximum atomic E-state index is 11.2. The van der Waals surface area contributed by atoms with E-state index in [0.717, 1.165) is 101 Å². The van der Waals surface area contributed by atoms with Gasteiger partial charge in [0.25, 0.3) is 0 Å². The van der Waals surface area contributed by atoms with Gasteiger partial charge in [-0.25, -0.2) is 29.3 Å². The van der Waals surface area contributed by atoms with Gasteiger partial charge in [-0.05, 0) is 112 Å². The molecule has 0 aliphatic carbocycles. The monoisotopic (exact) mass is 1050 g/mol. The zero-order valence-electron chi connectivity index (χ0n) is 40.1. The minimum Gasteiger partial charge on any atom is -0.370 e. The number of hydrogen-bond acceptors (Lipinski definition) is 14. The molecule has 4 fully saturated rings. The molecule has 4 aliphatic heterocycles. The molecule has 22 heteroatoms. The lowest BCUT2D eigenvalue weighted by Gasteiger charge is -2.47. The van der Waals surface area contributed by atoms with Crippen LogP contribution in [0.3, 0.4) is 0 Å². The van der Waals surface area contributed by atoms with Crippen LogP contribution in [0, 0.1) is 46.3 Å². The Hall–Kier alpha value is -5.86. The van der Waals surface area contributed by atoms with E-state index in [1.807, 2.05) is 26.0 Å². The number of rotatable bonds is 14. The van der Waals surface area contributed by atoms with Gasteiger partial charge in [0.2, 0.25) is 11.8 Å². The summed E-state index contributed by atoms with van der Waals surface area (Å²) in [4.78, 5) is 50.4. The lowest BCUT2D eigenvalue weighted by molar-refractivity contribution is -0.119. The SMILES string of the molecule is C[C@H](c1ccc(Cl)cc1Cl)n1nc(C#N)c2ncc(N3CC([C@@H]4CCCN(CCC(N)=O)C4)C3)nc21.C[C@H](c1ccc(Cl)cc1Cl)n1nc(C#N)c2ncc(N3CC([C@H]4CCCN(CCC(N)=O)C4)C3)nc21. The number of amides is 2. The van der Waals surface area contributed by atoms with Gasteiger partial charge in [0.05, 0.1) is 24.5 Å². The second-order valence-corrected chi connectivity index (χ2v) is 21.2. The highest BCUT2D eigenvalue weighted by molar-refractivity contribution is 6.35. The van der Waals surface area contributed by atoms with Crippen molar-refractivity contribution in [1.29, 1.82) is 10.5 Å². The van der Waals surface area contributed by atoms with Gasteiger partial charge < -0.3 is 31.1 Å². The number of fused-ring (bicyclic) bond motifs is 2. The second-order valence-electron chi connectivity index (χ2n) is 19.5. The number of likely N-dealkylation sites (tertiary alicyclic amines) is 2. The molecule has 0 bridgehead atoms. The molecular formula is C50H56Cl4N16O2. The lowest BCUT2D eigenvalue weighted by Crippen LogP contribution is -2.54. The first-order chi connectivity index (χ1) is 34.7. The molecule has 4 atom stereocenters. The van der Waals surface area contributed by atoms with Gasteiger partial charge in [-0.1, -0.05) is 58.5 Å². The molecule has 4 N–H and O–H groups in total. The average molecular weight is 1050 g/mol. The number of piperidine rings is 2. The number of hydrogen-bond donors (Lipinski definition) is 2. The van der Waals surface area contributed by atoms with Gasteiger partial charge in [0.15, 0.2) is 22.7 Å². The van der Waals surface area contributed by atoms with Crippen molar-refractivity contribution in [3.63, 3.8) is 0 Å². The molecule has 0 spiro atoms. The fraction of sp³-hybridized carbons (Fsp3) is 0.480. The molecular weight excluding hydrogens is 998 g/mol. The number of halogens is 4. The summed E-state index contributed by atoms with van der Waals surface area (Å²) in [6.45, 7) is 13.1. The van der Waals surface area contributed by atoms with Crippen molar-refractivity contribution in [2.75, 3.05) is 75.2 Å². The van der Waals surface area contributed by atoms with Crippen molar-refractivity contribution in [3.8, 4) is 12.1 Å². The molecule has 6 aromatic rings. The van der Waals surface area contributed by atoms with Crippen LogP contribution >= 0.6 is 46.4 Å². The Bertz CT molecular complexity index is 2860. The van der Waals surface area contributed by atoms with E-state index in [4.69, 9.17) is 67.8 Å². The molecule has 4 aromatic heterocycles. The van der Waals surface area contributed by atoms with Gasteiger partial charge in [0, 0.05) is 85.3 Å². The van der Waals surface area contributed by atoms with Crippen molar-refractivity contribution in [2.45, 2.75) is 64.5 Å². The maximum absolute atomic E-state index is 11.2. The Balaban J connectivity index is 0.000000178. The van der Waals surface area contributed by atoms with E-state index < -0.39 is 0 Å². The zero-order chi connectivity index (χ0) is 50.8. The molecule has 18 nitrogen and oxygen atoms in total. The van der Waals surface area contributed by atoms with E-state index in [9.17, 15) is 20.1 Å². The summed E-state index contributed by atoms with van der Waals surface area (Å²) in [5, 5.41) is 30.4. The number of carbonyl (C=O) groups excluding carboxylic acids is 2. The summed E-state index contributed by atoms with van der Waals surface area (Å²) in [6.07, 6.45) is 8.98. The Labute approximate surface area is 437 Å². The van der Waals surface area contributed by atoms with Crippen molar-refractivity contribution in [3.05, 3.63) is 91.4 Å². The van der Waals surface area contributed by atoms with E-state index >= 15 is 0 Å². The summed E-state index contributed by atoms with van der Waals surface area (Å²) in [5.41, 5.74) is 14.9. The number of benzene rings is 2. The van der Waals surface area contributed by atoms with Crippen molar-refractivity contribution in [2.24, 2.45) is 35.1 Å². The first kappa shape index (κ1) is 51.1. The highest BCUT2D eigenvalue weighted by Crippen LogP contribution is 2.37. The number of aromatic nitrogens is 8. The largest absolute Gasteiger partial charge is 0.370 e. The number of primary amides is 2. The van der Waals surface area contributed by atoms with Gasteiger partial charge >= 0.3 is 0 Å². The fourth-order valence-corrected chi connectivity index (χ4v) is 11.8. The molecule has 10 rings (SSSR count). The average Bonchev–Trinajstić information content (AvgIpc) is 3.90. The number of carbonyl (C=O) groups is 2. The third kappa shape index (κ3) is 11.0. The quantitative estimate of drug-likeness (QED) is 0.109. The highest BCUT2D eigenvalue weighted by atomic mass is 35.5. The van der Waals surface area contributed by atoms with E-state index in [0.29, 0.717) is 78.9 Å². The number of nitrogens with zero attached hydrogens (tertiary/aromatic N) is 14. The molecule has 8 heterocycles. The Kier molecular flexibility index (Phi) is 15.7. The summed E-state index contributed by atoms with van der Waals surface area (Å²) < 4.78 is 3.43. The minimum absolute atomic E-state index is 0.237. The molecule has 376 valence electrons.